The fraction of sp³-hybridized carbons (Fsp3) is 0.355. The topological polar surface area (TPSA) is 115 Å². The highest BCUT2D eigenvalue weighted by atomic mass is 35.5. The summed E-state index contributed by atoms with van der Waals surface area (Å²) in [6.45, 7) is 0.295. The molecule has 13 heteroatoms. The van der Waals surface area contributed by atoms with Gasteiger partial charge in [-0.2, -0.15) is 0 Å². The second-order valence-corrected chi connectivity index (χ2v) is 12.8. The van der Waals surface area contributed by atoms with E-state index < -0.39 is 27.5 Å². The first-order chi connectivity index (χ1) is 21.0. The zero-order valence-electron chi connectivity index (χ0n) is 25.3. The number of rotatable bonds is 9. The van der Waals surface area contributed by atoms with E-state index in [-0.39, 0.29) is 49.9 Å². The van der Waals surface area contributed by atoms with Crippen molar-refractivity contribution in [3.63, 3.8) is 0 Å². The van der Waals surface area contributed by atoms with E-state index in [1.807, 2.05) is 0 Å². The third-order valence-electron chi connectivity index (χ3n) is 8.15. The van der Waals surface area contributed by atoms with Gasteiger partial charge in [0, 0.05) is 37.3 Å². The minimum absolute atomic E-state index is 0.0122. The Hall–Kier alpha value is -4.00. The van der Waals surface area contributed by atoms with Crippen LogP contribution in [-0.4, -0.2) is 85.2 Å². The maximum atomic E-state index is 15.4. The summed E-state index contributed by atoms with van der Waals surface area (Å²) in [5.74, 6) is -0.169. The van der Waals surface area contributed by atoms with E-state index in [1.54, 1.807) is 43.3 Å². The van der Waals surface area contributed by atoms with Gasteiger partial charge in [0.15, 0.2) is 5.54 Å². The van der Waals surface area contributed by atoms with Crippen LogP contribution in [0.25, 0.3) is 0 Å². The summed E-state index contributed by atoms with van der Waals surface area (Å²) in [4.78, 5) is 32.0. The molecule has 0 aromatic heterocycles. The van der Waals surface area contributed by atoms with Crippen molar-refractivity contribution in [1.82, 2.24) is 9.80 Å². The van der Waals surface area contributed by atoms with Gasteiger partial charge in [0.2, 0.25) is 5.91 Å². The summed E-state index contributed by atoms with van der Waals surface area (Å²) in [7, 11) is 4.34. The van der Waals surface area contributed by atoms with E-state index in [0.717, 1.165) is 4.31 Å². The Kier molecular flexibility index (Phi) is 8.45. The van der Waals surface area contributed by atoms with Crippen LogP contribution in [0.1, 0.15) is 24.0 Å². The highest BCUT2D eigenvalue weighted by Crippen LogP contribution is 2.57. The number of carbonyl (C=O) groups excluding carboxylic acids is 2. The fourth-order valence-electron chi connectivity index (χ4n) is 6.27. The molecule has 0 radical (unpaired) electrons. The van der Waals surface area contributed by atoms with E-state index in [9.17, 15) is 13.2 Å². The number of benzene rings is 3. The number of sulfonamides is 1. The number of ether oxygens (including phenoxy) is 4. The first kappa shape index (κ1) is 31.4. The molecule has 2 unspecified atom stereocenters. The number of anilines is 1. The molecule has 2 amide bonds. The van der Waals surface area contributed by atoms with Crippen LogP contribution in [0.5, 0.6) is 23.0 Å². The number of methoxy groups -OCH3 is 4. The summed E-state index contributed by atoms with van der Waals surface area (Å²) < 4.78 is 52.3. The quantitative estimate of drug-likeness (QED) is 0.342. The van der Waals surface area contributed by atoms with Crippen LogP contribution in [-0.2, 0) is 25.2 Å². The molecule has 0 spiro atoms. The van der Waals surface area contributed by atoms with Gasteiger partial charge in [0.1, 0.15) is 27.9 Å². The largest absolute Gasteiger partial charge is 0.497 e. The van der Waals surface area contributed by atoms with Crippen LogP contribution in [0.4, 0.5) is 5.69 Å². The van der Waals surface area contributed by atoms with Crippen molar-refractivity contribution in [2.45, 2.75) is 29.3 Å². The van der Waals surface area contributed by atoms with E-state index >= 15 is 4.79 Å². The van der Waals surface area contributed by atoms with Crippen molar-refractivity contribution in [3.8, 4) is 23.0 Å². The molecular weight excluding hydrogens is 610 g/mol. The normalized spacial score (nSPS) is 19.9. The number of carbonyl (C=O) groups is 2. The predicted molar refractivity (Wildman–Crippen MR) is 164 cm³/mol. The van der Waals surface area contributed by atoms with E-state index in [1.165, 1.54) is 63.7 Å². The van der Waals surface area contributed by atoms with Gasteiger partial charge in [-0.1, -0.05) is 17.7 Å². The summed E-state index contributed by atoms with van der Waals surface area (Å²) in [6, 6.07) is 13.1. The van der Waals surface area contributed by atoms with Gasteiger partial charge >= 0.3 is 0 Å². The molecule has 3 aromatic carbocycles. The van der Waals surface area contributed by atoms with Crippen molar-refractivity contribution in [1.29, 1.82) is 0 Å². The Labute approximate surface area is 261 Å². The standard InChI is InChI=1S/C31H34ClN3O8S/c1-33(2)29(36)23-9-8-16-34(23)31(28-24(41-4)10-7-11-25(28)42-5)21-17-19(32)12-14-22(21)35(30(31)37)44(38,39)27-15-13-20(40-3)18-26(27)43-6/h7,10-15,17-18,23H,8-9,16H2,1-6H3. The first-order valence-electron chi connectivity index (χ1n) is 13.8. The second kappa shape index (κ2) is 11.8. The van der Waals surface area contributed by atoms with Crippen LogP contribution in [0.15, 0.2) is 59.5 Å². The second-order valence-electron chi connectivity index (χ2n) is 10.6. The van der Waals surface area contributed by atoms with Crippen molar-refractivity contribution < 1.29 is 37.0 Å². The van der Waals surface area contributed by atoms with Crippen LogP contribution in [0, 0.1) is 0 Å². The lowest BCUT2D eigenvalue weighted by atomic mass is 9.80. The SMILES string of the molecule is COc1ccc(S(=O)(=O)N2C(=O)C(c3c(OC)cccc3OC)(N3CCCC3C(=O)N(C)C)c3cc(Cl)ccc32)c(OC)c1. The summed E-state index contributed by atoms with van der Waals surface area (Å²) in [5, 5.41) is 0.269. The van der Waals surface area contributed by atoms with Gasteiger partial charge in [0.05, 0.1) is 45.7 Å². The molecule has 0 saturated carbocycles. The van der Waals surface area contributed by atoms with Crippen molar-refractivity contribution in [2.24, 2.45) is 0 Å². The van der Waals surface area contributed by atoms with Gasteiger partial charge in [-0.3, -0.25) is 14.5 Å². The molecule has 1 fully saturated rings. The van der Waals surface area contributed by atoms with Gasteiger partial charge in [-0.25, -0.2) is 12.7 Å². The lowest BCUT2D eigenvalue weighted by Crippen LogP contribution is -2.59. The smallest absolute Gasteiger partial charge is 0.274 e. The van der Waals surface area contributed by atoms with Gasteiger partial charge in [-0.15, -0.1) is 0 Å². The van der Waals surface area contributed by atoms with Crippen LogP contribution >= 0.6 is 11.6 Å². The molecule has 0 N–H and O–H groups in total. The lowest BCUT2D eigenvalue weighted by molar-refractivity contribution is -0.138. The summed E-state index contributed by atoms with van der Waals surface area (Å²) in [5.41, 5.74) is -1.28. The predicted octanol–water partition coefficient (Wildman–Crippen LogP) is 3.91. The van der Waals surface area contributed by atoms with Crippen LogP contribution in [0.2, 0.25) is 5.02 Å². The number of likely N-dealkylation sites (tertiary alicyclic amines) is 1. The molecule has 0 aliphatic carbocycles. The molecule has 234 valence electrons. The molecule has 44 heavy (non-hydrogen) atoms. The maximum absolute atomic E-state index is 15.4. The van der Waals surface area contributed by atoms with Crippen molar-refractivity contribution in [2.75, 3.05) is 53.4 Å². The third kappa shape index (κ3) is 4.63. The number of halogens is 1. The molecular formula is C31H34ClN3O8S. The Morgan fingerprint density at radius 2 is 1.59 bits per heavy atom. The monoisotopic (exact) mass is 643 g/mol. The van der Waals surface area contributed by atoms with Crippen molar-refractivity contribution >= 4 is 39.1 Å². The Morgan fingerprint density at radius 1 is 0.932 bits per heavy atom. The number of likely N-dealkylation sites (N-methyl/N-ethyl adjacent to an activating group) is 1. The zero-order valence-corrected chi connectivity index (χ0v) is 26.9. The summed E-state index contributed by atoms with van der Waals surface area (Å²) in [6.07, 6.45) is 1.02. The number of hydrogen-bond donors (Lipinski definition) is 0. The number of hydrogen-bond acceptors (Lipinski definition) is 9. The molecule has 5 rings (SSSR count). The van der Waals surface area contributed by atoms with Gasteiger partial charge in [-0.05, 0) is 55.3 Å². The first-order valence-corrected chi connectivity index (χ1v) is 15.6. The molecule has 3 aromatic rings. The number of fused-ring (bicyclic) bond motifs is 1. The highest BCUT2D eigenvalue weighted by molar-refractivity contribution is 7.93. The number of amides is 2. The molecule has 2 atom stereocenters. The van der Waals surface area contributed by atoms with Crippen LogP contribution in [0.3, 0.4) is 0 Å². The van der Waals surface area contributed by atoms with E-state index in [4.69, 9.17) is 30.5 Å². The Bertz CT molecular complexity index is 1710. The highest BCUT2D eigenvalue weighted by Gasteiger charge is 2.64. The molecule has 2 aliphatic heterocycles. The Morgan fingerprint density at radius 3 is 2.18 bits per heavy atom. The Balaban J connectivity index is 1.90. The van der Waals surface area contributed by atoms with E-state index in [0.29, 0.717) is 25.1 Å². The number of nitrogens with zero attached hydrogens (tertiary/aromatic N) is 3. The van der Waals surface area contributed by atoms with Crippen molar-refractivity contribution in [3.05, 3.63) is 70.7 Å². The minimum atomic E-state index is -4.63. The molecule has 2 heterocycles. The molecule has 1 saturated heterocycles. The van der Waals surface area contributed by atoms with Crippen LogP contribution < -0.4 is 23.3 Å². The fourth-order valence-corrected chi connectivity index (χ4v) is 8.04. The average Bonchev–Trinajstić information content (AvgIpc) is 3.60. The van der Waals surface area contributed by atoms with Gasteiger partial charge < -0.3 is 23.8 Å². The molecule has 0 bridgehead atoms. The minimum Gasteiger partial charge on any atom is -0.497 e. The van der Waals surface area contributed by atoms with Gasteiger partial charge in [0.25, 0.3) is 15.9 Å². The zero-order chi connectivity index (χ0) is 32.0. The lowest BCUT2D eigenvalue weighted by Gasteiger charge is -2.42. The molecule has 11 nitrogen and oxygen atoms in total. The summed E-state index contributed by atoms with van der Waals surface area (Å²) >= 11 is 6.58. The third-order valence-corrected chi connectivity index (χ3v) is 10.1. The van der Waals surface area contributed by atoms with E-state index in [2.05, 4.69) is 0 Å². The molecule has 2 aliphatic rings. The average molecular weight is 644 g/mol. The maximum Gasteiger partial charge on any atom is 0.274 e.